The van der Waals surface area contributed by atoms with Gasteiger partial charge in [0.15, 0.2) is 11.3 Å². The minimum absolute atomic E-state index is 0.00453. The molecule has 132 valence electrons. The first kappa shape index (κ1) is 16.1. The van der Waals surface area contributed by atoms with E-state index in [2.05, 4.69) is 5.32 Å². The number of ether oxygens (including phenoxy) is 1. The summed E-state index contributed by atoms with van der Waals surface area (Å²) in [6, 6.07) is 4.49. The van der Waals surface area contributed by atoms with E-state index in [-0.39, 0.29) is 17.0 Å². The molecule has 1 atom stereocenters. The second-order valence-corrected chi connectivity index (χ2v) is 6.44. The second-order valence-electron chi connectivity index (χ2n) is 6.44. The Labute approximate surface area is 144 Å². The lowest BCUT2D eigenvalue weighted by atomic mass is 9.99. The van der Waals surface area contributed by atoms with Gasteiger partial charge in [0.25, 0.3) is 0 Å². The SMILES string of the molecule is O=C(O)c1cc(C2CCCN2)c2oc(N3CCOCC3)cc(=O)c2c1. The summed E-state index contributed by atoms with van der Waals surface area (Å²) < 4.78 is 11.4. The predicted octanol–water partition coefficient (Wildman–Crippen LogP) is 1.75. The molecule has 4 rings (SSSR count). The fourth-order valence-corrected chi connectivity index (χ4v) is 3.54. The summed E-state index contributed by atoms with van der Waals surface area (Å²) in [7, 11) is 0. The number of fused-ring (bicyclic) bond motifs is 1. The predicted molar refractivity (Wildman–Crippen MR) is 92.5 cm³/mol. The van der Waals surface area contributed by atoms with Gasteiger partial charge in [-0.25, -0.2) is 4.79 Å². The lowest BCUT2D eigenvalue weighted by molar-refractivity contribution is 0.0697. The van der Waals surface area contributed by atoms with Crippen LogP contribution in [0.5, 0.6) is 0 Å². The molecule has 25 heavy (non-hydrogen) atoms. The van der Waals surface area contributed by atoms with Crippen molar-refractivity contribution in [2.24, 2.45) is 0 Å². The molecule has 2 aliphatic heterocycles. The number of anilines is 1. The van der Waals surface area contributed by atoms with E-state index in [4.69, 9.17) is 9.15 Å². The van der Waals surface area contributed by atoms with Gasteiger partial charge in [-0.1, -0.05) is 0 Å². The smallest absolute Gasteiger partial charge is 0.335 e. The molecule has 2 N–H and O–H groups in total. The molecule has 0 saturated carbocycles. The van der Waals surface area contributed by atoms with Crippen molar-refractivity contribution in [2.75, 3.05) is 37.7 Å². The molecule has 0 amide bonds. The first-order chi connectivity index (χ1) is 12.1. The van der Waals surface area contributed by atoms with Crippen molar-refractivity contribution in [2.45, 2.75) is 18.9 Å². The summed E-state index contributed by atoms with van der Waals surface area (Å²) in [5.74, 6) is -0.527. The Morgan fingerprint density at radius 3 is 2.72 bits per heavy atom. The van der Waals surface area contributed by atoms with Crippen LogP contribution < -0.4 is 15.6 Å². The number of aromatic carboxylic acids is 1. The highest BCUT2D eigenvalue weighted by Crippen LogP contribution is 2.32. The van der Waals surface area contributed by atoms with E-state index in [1.807, 2.05) is 4.90 Å². The van der Waals surface area contributed by atoms with E-state index in [1.54, 1.807) is 6.07 Å². The maximum absolute atomic E-state index is 12.7. The first-order valence-corrected chi connectivity index (χ1v) is 8.54. The van der Waals surface area contributed by atoms with Gasteiger partial charge in [-0.15, -0.1) is 0 Å². The van der Waals surface area contributed by atoms with E-state index in [1.165, 1.54) is 12.1 Å². The van der Waals surface area contributed by atoms with Crippen LogP contribution in [0.3, 0.4) is 0 Å². The minimum Gasteiger partial charge on any atom is -0.478 e. The molecule has 0 aliphatic carbocycles. The van der Waals surface area contributed by atoms with Crippen molar-refractivity contribution in [1.82, 2.24) is 5.32 Å². The highest BCUT2D eigenvalue weighted by Gasteiger charge is 2.24. The van der Waals surface area contributed by atoms with Crippen molar-refractivity contribution in [3.05, 3.63) is 39.5 Å². The summed E-state index contributed by atoms with van der Waals surface area (Å²) in [4.78, 5) is 26.1. The Balaban J connectivity index is 1.90. The molecule has 2 saturated heterocycles. The number of hydrogen-bond donors (Lipinski definition) is 2. The van der Waals surface area contributed by atoms with E-state index < -0.39 is 5.97 Å². The number of benzene rings is 1. The third-order valence-electron chi connectivity index (χ3n) is 4.85. The molecular formula is C18H20N2O5. The van der Waals surface area contributed by atoms with Crippen LogP contribution in [0.25, 0.3) is 11.0 Å². The number of morpholine rings is 1. The number of carbonyl (C=O) groups is 1. The quantitative estimate of drug-likeness (QED) is 0.876. The van der Waals surface area contributed by atoms with Crippen molar-refractivity contribution >= 4 is 22.8 Å². The molecule has 0 bridgehead atoms. The van der Waals surface area contributed by atoms with Crippen LogP contribution in [0.2, 0.25) is 0 Å². The van der Waals surface area contributed by atoms with Gasteiger partial charge in [0, 0.05) is 30.8 Å². The molecule has 1 unspecified atom stereocenters. The maximum atomic E-state index is 12.7. The fourth-order valence-electron chi connectivity index (χ4n) is 3.54. The van der Waals surface area contributed by atoms with Gasteiger partial charge in [-0.05, 0) is 31.5 Å². The van der Waals surface area contributed by atoms with Crippen LogP contribution in [0.1, 0.15) is 34.8 Å². The molecule has 1 aromatic carbocycles. The summed E-state index contributed by atoms with van der Waals surface area (Å²) in [6.45, 7) is 3.39. The summed E-state index contributed by atoms with van der Waals surface area (Å²) in [6.07, 6.45) is 1.90. The first-order valence-electron chi connectivity index (χ1n) is 8.54. The third kappa shape index (κ3) is 3.01. The van der Waals surface area contributed by atoms with Crippen LogP contribution in [0.4, 0.5) is 5.88 Å². The number of nitrogens with zero attached hydrogens (tertiary/aromatic N) is 1. The van der Waals surface area contributed by atoms with Crippen LogP contribution in [0, 0.1) is 0 Å². The molecule has 0 spiro atoms. The lowest BCUT2D eigenvalue weighted by Crippen LogP contribution is -2.36. The van der Waals surface area contributed by atoms with Gasteiger partial charge in [-0.2, -0.15) is 0 Å². The number of rotatable bonds is 3. The average Bonchev–Trinajstić information content (AvgIpc) is 3.16. The number of nitrogens with one attached hydrogen (secondary N) is 1. The zero-order chi connectivity index (χ0) is 17.4. The van der Waals surface area contributed by atoms with E-state index in [0.717, 1.165) is 24.9 Å². The Morgan fingerprint density at radius 2 is 2.04 bits per heavy atom. The van der Waals surface area contributed by atoms with Crippen LogP contribution in [-0.2, 0) is 4.74 Å². The van der Waals surface area contributed by atoms with Gasteiger partial charge < -0.3 is 24.5 Å². The van der Waals surface area contributed by atoms with Crippen molar-refractivity contribution in [1.29, 1.82) is 0 Å². The highest BCUT2D eigenvalue weighted by atomic mass is 16.5. The lowest BCUT2D eigenvalue weighted by Gasteiger charge is -2.27. The minimum atomic E-state index is -1.04. The Bertz CT molecular complexity index is 864. The topological polar surface area (TPSA) is 92.0 Å². The third-order valence-corrected chi connectivity index (χ3v) is 4.85. The largest absolute Gasteiger partial charge is 0.478 e. The van der Waals surface area contributed by atoms with Crippen molar-refractivity contribution < 1.29 is 19.1 Å². The van der Waals surface area contributed by atoms with Gasteiger partial charge >= 0.3 is 5.97 Å². The van der Waals surface area contributed by atoms with Gasteiger partial charge in [-0.3, -0.25) is 4.79 Å². The molecule has 2 aromatic rings. The van der Waals surface area contributed by atoms with Crippen LogP contribution >= 0.6 is 0 Å². The average molecular weight is 344 g/mol. The van der Waals surface area contributed by atoms with Crippen molar-refractivity contribution in [3.63, 3.8) is 0 Å². The standard InChI is InChI=1S/C18H20N2O5/c21-15-10-16(20-4-6-24-7-5-20)25-17-12(14-2-1-3-19-14)8-11(18(22)23)9-13(15)17/h8-10,14,19H,1-7H2,(H,22,23). The Hall–Kier alpha value is -2.38. The Kier molecular flexibility index (Phi) is 4.19. The molecule has 3 heterocycles. The van der Waals surface area contributed by atoms with Crippen molar-refractivity contribution in [3.8, 4) is 0 Å². The molecule has 7 nitrogen and oxygen atoms in total. The summed E-state index contributed by atoms with van der Waals surface area (Å²) in [5, 5.41) is 13.1. The number of carboxylic acids is 1. The van der Waals surface area contributed by atoms with E-state index in [9.17, 15) is 14.7 Å². The maximum Gasteiger partial charge on any atom is 0.335 e. The highest BCUT2D eigenvalue weighted by molar-refractivity contribution is 5.94. The van der Waals surface area contributed by atoms with Crippen LogP contribution in [-0.4, -0.2) is 43.9 Å². The zero-order valence-corrected chi connectivity index (χ0v) is 13.8. The van der Waals surface area contributed by atoms with Gasteiger partial charge in [0.05, 0.1) is 24.2 Å². The molecule has 2 aliphatic rings. The number of hydrogen-bond acceptors (Lipinski definition) is 6. The van der Waals surface area contributed by atoms with E-state index >= 15 is 0 Å². The summed E-state index contributed by atoms with van der Waals surface area (Å²) in [5.41, 5.74) is 1.13. The molecule has 2 fully saturated rings. The molecule has 7 heteroatoms. The van der Waals surface area contributed by atoms with Gasteiger partial charge in [0.2, 0.25) is 0 Å². The Morgan fingerprint density at radius 1 is 1.24 bits per heavy atom. The number of carboxylic acid groups (broad SMARTS) is 1. The molecule has 0 radical (unpaired) electrons. The normalized spacial score (nSPS) is 21.0. The second kappa shape index (κ2) is 6.50. The monoisotopic (exact) mass is 344 g/mol. The molecular weight excluding hydrogens is 324 g/mol. The van der Waals surface area contributed by atoms with Crippen LogP contribution in [0.15, 0.2) is 27.4 Å². The van der Waals surface area contributed by atoms with Gasteiger partial charge in [0.1, 0.15) is 5.58 Å². The fraction of sp³-hybridized carbons (Fsp3) is 0.444. The summed E-state index contributed by atoms with van der Waals surface area (Å²) >= 11 is 0. The van der Waals surface area contributed by atoms with E-state index in [0.29, 0.717) is 43.2 Å². The zero-order valence-electron chi connectivity index (χ0n) is 13.8. The molecule has 1 aromatic heterocycles.